The SMILES string of the molecule is O=C(CO)Nc1c(I)c(C(=O)NCCCN(CCCNC(=O)c2c(I)c(NC(=O)CO)c(I)c(C(=O)NCC(O)CO)c2I)C(=O)c2c(I)c(NC(=O)CO)c(I)c(C(=O)NCC(O)CO)c2I)c(I)c(C(=O)NCC(O)CO)c1I. The molecule has 0 aliphatic rings. The topological polar surface area (TPSA) is 435 Å². The minimum Gasteiger partial charge on any atom is -0.394 e. The van der Waals surface area contributed by atoms with E-state index in [9.17, 15) is 84.3 Å². The predicted octanol–water partition coefficient (Wildman–Crippen LogP) is 0.252. The van der Waals surface area contributed by atoms with Crippen LogP contribution in [-0.2, 0) is 14.4 Å². The fourth-order valence-electron chi connectivity index (χ4n) is 6.73. The number of rotatable bonds is 29. The molecule has 0 aromatic heterocycles. The molecule has 0 saturated carbocycles. The molecule has 0 saturated heterocycles. The first kappa shape index (κ1) is 74.4. The number of hydrogen-bond donors (Lipinski definition) is 17. The van der Waals surface area contributed by atoms with Gasteiger partial charge in [-0.15, -0.1) is 0 Å². The van der Waals surface area contributed by atoms with Crippen LogP contribution in [-0.4, -0.2) is 208 Å². The highest BCUT2D eigenvalue weighted by molar-refractivity contribution is 14.1. The Kier molecular flexibility index (Phi) is 33.4. The first-order valence-corrected chi connectivity index (χ1v) is 32.8. The summed E-state index contributed by atoms with van der Waals surface area (Å²) in [4.78, 5) is 123. The highest BCUT2D eigenvalue weighted by Crippen LogP contribution is 2.39. The zero-order valence-corrected chi connectivity index (χ0v) is 60.8. The largest absolute Gasteiger partial charge is 0.394 e. The lowest BCUT2D eigenvalue weighted by Gasteiger charge is -2.26. The van der Waals surface area contributed by atoms with Gasteiger partial charge in [0.2, 0.25) is 17.7 Å². The molecule has 27 nitrogen and oxygen atoms in total. The molecular weight excluding hydrogens is 2100 g/mol. The van der Waals surface area contributed by atoms with Crippen LogP contribution in [0.1, 0.15) is 75.0 Å². The average molecular weight is 2150 g/mol. The Bertz CT molecular complexity index is 2780. The van der Waals surface area contributed by atoms with Gasteiger partial charge in [0.1, 0.15) is 19.8 Å². The third-order valence-corrected chi connectivity index (χ3v) is 20.4. The Morgan fingerprint density at radius 1 is 0.358 bits per heavy atom. The standard InChI is InChI=1S/C45H50I9N9O18/c46-28-22(31(49)37(60-19(73)13-67)33(51)24(28)42(78)57-7-16(70)10-64)40(76)55-3-1-5-63(45(81)27-30(48)26(44(80)59-9-18(72)12-66)35(53)39(36(27)54)62-21(75)15-69)6-2-4-56-41(77)23-29(47)25(43(79)58-8-17(71)11-65)34(52)38(32(23)50)61-20(74)14-68/h16-18,64-72H,1-15H2,(H,55,76)(H,56,77)(H,57,78)(H,58,79)(H,59,80)(H,60,73)(H,61,74)(H,62,75). The van der Waals surface area contributed by atoms with E-state index in [0.717, 1.165) is 0 Å². The number of aliphatic hydroxyl groups excluding tert-OH is 9. The maximum Gasteiger partial charge on any atom is 0.256 e. The van der Waals surface area contributed by atoms with Crippen LogP contribution in [0.2, 0.25) is 0 Å². The van der Waals surface area contributed by atoms with Crippen LogP contribution in [0.3, 0.4) is 0 Å². The number of carbonyl (C=O) groups is 9. The fourth-order valence-corrected chi connectivity index (χ4v) is 19.9. The third-order valence-electron chi connectivity index (χ3n) is 10.7. The maximum absolute atomic E-state index is 15.1. The molecule has 446 valence electrons. The van der Waals surface area contributed by atoms with Gasteiger partial charge in [-0.2, -0.15) is 0 Å². The molecule has 3 aromatic carbocycles. The highest BCUT2D eigenvalue weighted by atomic mass is 127. The number of anilines is 3. The van der Waals surface area contributed by atoms with E-state index in [0.29, 0.717) is 0 Å². The number of nitrogens with one attached hydrogen (secondary N) is 8. The summed E-state index contributed by atoms with van der Waals surface area (Å²) in [6, 6.07) is 0. The minimum absolute atomic E-state index is 0.0153. The Balaban J connectivity index is 2.14. The molecule has 0 aliphatic carbocycles. The fraction of sp³-hybridized carbons (Fsp3) is 0.400. The number of carbonyl (C=O) groups excluding carboxylic acids is 9. The van der Waals surface area contributed by atoms with Gasteiger partial charge in [0.05, 0.1) is 110 Å². The first-order valence-electron chi connectivity index (χ1n) is 23.1. The Hall–Kier alpha value is -0.900. The van der Waals surface area contributed by atoms with E-state index < -0.39 is 118 Å². The molecule has 3 rings (SSSR count). The normalized spacial score (nSPS) is 12.1. The molecule has 3 atom stereocenters. The zero-order chi connectivity index (χ0) is 61.2. The monoisotopic (exact) mass is 2150 g/mol. The van der Waals surface area contributed by atoms with Crippen molar-refractivity contribution in [2.24, 2.45) is 0 Å². The number of aliphatic hydroxyl groups is 9. The summed E-state index contributed by atoms with van der Waals surface area (Å²) in [6.45, 7) is -6.56. The van der Waals surface area contributed by atoms with Gasteiger partial charge in [-0.3, -0.25) is 43.2 Å². The molecule has 3 aromatic rings. The quantitative estimate of drug-likeness (QED) is 0.0327. The summed E-state index contributed by atoms with van der Waals surface area (Å²) >= 11 is 16.1. The van der Waals surface area contributed by atoms with Crippen molar-refractivity contribution in [3.05, 3.63) is 65.5 Å². The van der Waals surface area contributed by atoms with Crippen LogP contribution in [0, 0.1) is 32.1 Å². The van der Waals surface area contributed by atoms with Gasteiger partial charge in [-0.25, -0.2) is 0 Å². The van der Waals surface area contributed by atoms with Gasteiger partial charge in [-0.05, 0) is 216 Å². The van der Waals surface area contributed by atoms with Crippen LogP contribution >= 0.6 is 203 Å². The van der Waals surface area contributed by atoms with E-state index in [1.54, 1.807) is 203 Å². The predicted molar refractivity (Wildman–Crippen MR) is 367 cm³/mol. The number of halogens is 9. The molecule has 17 N–H and O–H groups in total. The van der Waals surface area contributed by atoms with E-state index in [-0.39, 0.29) is 135 Å². The van der Waals surface area contributed by atoms with Crippen LogP contribution in [0.5, 0.6) is 0 Å². The van der Waals surface area contributed by atoms with E-state index in [1.165, 1.54) is 4.90 Å². The van der Waals surface area contributed by atoms with Crippen molar-refractivity contribution in [1.82, 2.24) is 31.5 Å². The molecule has 81 heavy (non-hydrogen) atoms. The molecule has 36 heteroatoms. The molecule has 0 fully saturated rings. The molecule has 3 unspecified atom stereocenters. The average Bonchev–Trinajstić information content (AvgIpc) is 3.52. The van der Waals surface area contributed by atoms with Crippen molar-refractivity contribution in [1.29, 1.82) is 0 Å². The van der Waals surface area contributed by atoms with Crippen LogP contribution in [0.4, 0.5) is 17.1 Å². The summed E-state index contributed by atoms with van der Waals surface area (Å²) in [5.41, 5.74) is -0.449. The summed E-state index contributed by atoms with van der Waals surface area (Å²) in [6.07, 6.45) is -3.95. The van der Waals surface area contributed by atoms with Crippen LogP contribution in [0.15, 0.2) is 0 Å². The lowest BCUT2D eigenvalue weighted by atomic mass is 10.1. The lowest BCUT2D eigenvalue weighted by Crippen LogP contribution is -2.39. The van der Waals surface area contributed by atoms with E-state index in [4.69, 9.17) is 0 Å². The van der Waals surface area contributed by atoms with Crippen molar-refractivity contribution in [2.45, 2.75) is 31.2 Å². The van der Waals surface area contributed by atoms with Crippen LogP contribution in [0.25, 0.3) is 0 Å². The summed E-state index contributed by atoms with van der Waals surface area (Å²) in [5.74, 6) is -7.14. The summed E-state index contributed by atoms with van der Waals surface area (Å²) in [7, 11) is 0. The number of hydrogen-bond acceptors (Lipinski definition) is 18. The van der Waals surface area contributed by atoms with Gasteiger partial charge in [-0.1, -0.05) is 0 Å². The molecule has 9 amide bonds. The first-order chi connectivity index (χ1) is 38.2. The summed E-state index contributed by atoms with van der Waals surface area (Å²) in [5, 5.41) is 107. The second kappa shape index (κ2) is 36.4. The van der Waals surface area contributed by atoms with E-state index in [2.05, 4.69) is 42.5 Å². The molecular formula is C45H50I9N9O18. The smallest absolute Gasteiger partial charge is 0.256 e. The minimum atomic E-state index is -1.35. The molecule has 0 aliphatic heterocycles. The van der Waals surface area contributed by atoms with Gasteiger partial charge in [0.15, 0.2) is 0 Å². The molecule has 0 radical (unpaired) electrons. The lowest BCUT2D eigenvalue weighted by molar-refractivity contribution is -0.119. The van der Waals surface area contributed by atoms with Crippen molar-refractivity contribution in [3.8, 4) is 0 Å². The Morgan fingerprint density at radius 2 is 0.593 bits per heavy atom. The second-order valence-corrected chi connectivity index (χ2v) is 26.2. The van der Waals surface area contributed by atoms with Crippen molar-refractivity contribution < 1.29 is 89.1 Å². The van der Waals surface area contributed by atoms with E-state index >= 15 is 4.79 Å². The number of nitrogens with zero attached hydrogens (tertiary/aromatic N) is 1. The van der Waals surface area contributed by atoms with Crippen molar-refractivity contribution in [3.63, 3.8) is 0 Å². The van der Waals surface area contributed by atoms with E-state index in [1.807, 2.05) is 0 Å². The Labute approximate surface area is 584 Å². The van der Waals surface area contributed by atoms with Crippen molar-refractivity contribution >= 4 is 274 Å². The van der Waals surface area contributed by atoms with Crippen LogP contribution < -0.4 is 42.5 Å². The molecule has 0 heterocycles. The zero-order valence-electron chi connectivity index (χ0n) is 41.4. The molecule has 0 spiro atoms. The van der Waals surface area contributed by atoms with Gasteiger partial charge < -0.3 is 93.4 Å². The Morgan fingerprint density at radius 3 is 0.840 bits per heavy atom. The third kappa shape index (κ3) is 20.3. The van der Waals surface area contributed by atoms with Gasteiger partial charge in [0, 0.05) is 56.5 Å². The molecule has 0 bridgehead atoms. The highest BCUT2D eigenvalue weighted by Gasteiger charge is 2.34. The van der Waals surface area contributed by atoms with Gasteiger partial charge in [0.25, 0.3) is 35.4 Å². The summed E-state index contributed by atoms with van der Waals surface area (Å²) < 4.78 is 1.38. The maximum atomic E-state index is 15.1. The van der Waals surface area contributed by atoms with Gasteiger partial charge >= 0.3 is 0 Å². The number of benzene rings is 3. The second-order valence-electron chi connectivity index (χ2n) is 16.5. The number of amides is 9. The van der Waals surface area contributed by atoms with Crippen molar-refractivity contribution in [2.75, 3.05) is 101 Å².